The highest BCUT2D eigenvalue weighted by Gasteiger charge is 2.38. The summed E-state index contributed by atoms with van der Waals surface area (Å²) in [6, 6.07) is 15.2. The van der Waals surface area contributed by atoms with Gasteiger partial charge >= 0.3 is 0 Å². The third-order valence-corrected chi connectivity index (χ3v) is 8.40. The molecule has 0 saturated heterocycles. The number of sulfone groups is 1. The molecule has 3 atom stereocenters. The molecule has 0 amide bonds. The molecule has 11 nitrogen and oxygen atoms in total. The largest absolute Gasteiger partial charge is 0.422 e. The van der Waals surface area contributed by atoms with Crippen molar-refractivity contribution in [3.63, 3.8) is 0 Å². The fourth-order valence-corrected chi connectivity index (χ4v) is 6.67. The van der Waals surface area contributed by atoms with Crippen molar-refractivity contribution in [3.8, 4) is 11.1 Å². The van der Waals surface area contributed by atoms with Crippen LogP contribution in [0.15, 0.2) is 52.9 Å². The van der Waals surface area contributed by atoms with E-state index >= 15 is 0 Å². The van der Waals surface area contributed by atoms with Crippen molar-refractivity contribution in [2.45, 2.75) is 17.9 Å². The Labute approximate surface area is 200 Å². The minimum atomic E-state index is -4.16. The lowest BCUT2D eigenvalue weighted by molar-refractivity contribution is 0.112. The van der Waals surface area contributed by atoms with E-state index in [-0.39, 0.29) is 23.3 Å². The smallest absolute Gasteiger partial charge is 0.241 e. The molecule has 180 valence electrons. The van der Waals surface area contributed by atoms with Gasteiger partial charge in [-0.3, -0.25) is 4.55 Å². The summed E-state index contributed by atoms with van der Waals surface area (Å²) < 4.78 is 54.5. The molecule has 2 aromatic heterocycles. The minimum Gasteiger partial charge on any atom is -0.422 e. The molecule has 0 aliphatic heterocycles. The molecule has 4 aromatic rings. The summed E-state index contributed by atoms with van der Waals surface area (Å²) in [6.45, 7) is -1.00. The van der Waals surface area contributed by atoms with Gasteiger partial charge in [0, 0.05) is 0 Å². The van der Waals surface area contributed by atoms with Crippen LogP contribution in [0.4, 0.5) is 0 Å². The van der Waals surface area contributed by atoms with Crippen molar-refractivity contribution < 1.29 is 31.8 Å². The second kappa shape index (κ2) is 10.4. The van der Waals surface area contributed by atoms with E-state index in [1.165, 1.54) is 0 Å². The maximum Gasteiger partial charge on any atom is 0.241 e. The van der Waals surface area contributed by atoms with Gasteiger partial charge < -0.3 is 14.6 Å². The normalized spacial score (nSPS) is 14.8. The van der Waals surface area contributed by atoms with E-state index < -0.39 is 44.8 Å². The Morgan fingerprint density at radius 3 is 2.59 bits per heavy atom. The van der Waals surface area contributed by atoms with Gasteiger partial charge in [0.1, 0.15) is 5.01 Å². The van der Waals surface area contributed by atoms with Crippen LogP contribution in [0.25, 0.3) is 21.3 Å². The lowest BCUT2D eigenvalue weighted by atomic mass is 10.1. The summed E-state index contributed by atoms with van der Waals surface area (Å²) in [5, 5.41) is 25.2. The van der Waals surface area contributed by atoms with Crippen LogP contribution >= 0.6 is 11.3 Å². The maximum atomic E-state index is 13.2. The molecule has 2 aromatic carbocycles. The van der Waals surface area contributed by atoms with Crippen LogP contribution in [-0.4, -0.2) is 61.0 Å². The molecule has 0 bridgehead atoms. The molecule has 0 saturated carbocycles. The Morgan fingerprint density at radius 2 is 1.88 bits per heavy atom. The molecule has 3 unspecified atom stereocenters. The fourth-order valence-electron chi connectivity index (χ4n) is 3.26. The number of aromatic nitrogens is 3. The topological polar surface area (TPSA) is 176 Å². The van der Waals surface area contributed by atoms with Crippen molar-refractivity contribution in [3.05, 3.63) is 65.3 Å². The molecule has 0 aliphatic carbocycles. The van der Waals surface area contributed by atoms with E-state index in [1.54, 1.807) is 6.07 Å². The summed E-state index contributed by atoms with van der Waals surface area (Å²) in [6.07, 6.45) is -1.51. The number of hydrogen-bond acceptors (Lipinski definition) is 10. The highest BCUT2D eigenvalue weighted by Crippen LogP contribution is 2.37. The van der Waals surface area contributed by atoms with Crippen LogP contribution in [0, 0.1) is 0 Å². The molecule has 0 radical (unpaired) electrons. The van der Waals surface area contributed by atoms with Gasteiger partial charge in [0.05, 0.1) is 35.2 Å². The highest BCUT2D eigenvalue weighted by molar-refractivity contribution is 7.92. The first-order valence-electron chi connectivity index (χ1n) is 9.90. The number of hydrogen-bond donors (Lipinski definition) is 4. The summed E-state index contributed by atoms with van der Waals surface area (Å²) in [4.78, 5) is 4.47. The zero-order valence-electron chi connectivity index (χ0n) is 17.4. The zero-order chi connectivity index (χ0) is 24.3. The van der Waals surface area contributed by atoms with E-state index in [4.69, 9.17) is 14.1 Å². The molecular weight excluding hydrogens is 504 g/mol. The number of aliphatic hydroxyl groups excluding tert-OH is 2. The molecule has 2 heterocycles. The Bertz CT molecular complexity index is 1410. The number of rotatable bonds is 10. The third kappa shape index (κ3) is 5.55. The van der Waals surface area contributed by atoms with Gasteiger partial charge in [0.25, 0.3) is 0 Å². The van der Waals surface area contributed by atoms with Crippen LogP contribution < -0.4 is 4.72 Å². The highest BCUT2D eigenvalue weighted by atomic mass is 32.2. The lowest BCUT2D eigenvalue weighted by Gasteiger charge is -2.14. The number of nitrogens with one attached hydrogen (secondary N) is 1. The first-order chi connectivity index (χ1) is 16.3. The van der Waals surface area contributed by atoms with E-state index in [9.17, 15) is 17.7 Å². The first kappa shape index (κ1) is 24.5. The van der Waals surface area contributed by atoms with Crippen molar-refractivity contribution >= 4 is 42.7 Å². The van der Waals surface area contributed by atoms with Crippen LogP contribution in [-0.2, 0) is 27.6 Å². The molecule has 0 spiro atoms. The monoisotopic (exact) mass is 524 g/mol. The van der Waals surface area contributed by atoms with Crippen molar-refractivity contribution in [2.75, 3.05) is 12.4 Å². The Morgan fingerprint density at radius 1 is 1.12 bits per heavy atom. The van der Waals surface area contributed by atoms with Crippen molar-refractivity contribution in [1.82, 2.24) is 19.9 Å². The van der Waals surface area contributed by atoms with Crippen LogP contribution in [0.2, 0.25) is 0 Å². The van der Waals surface area contributed by atoms with Crippen molar-refractivity contribution in [1.29, 1.82) is 0 Å². The molecule has 4 N–H and O–H groups in total. The number of benzene rings is 2. The van der Waals surface area contributed by atoms with E-state index in [2.05, 4.69) is 19.9 Å². The summed E-state index contributed by atoms with van der Waals surface area (Å²) >= 11 is -1.19. The van der Waals surface area contributed by atoms with E-state index in [0.717, 1.165) is 27.2 Å². The average Bonchev–Trinajstić information content (AvgIpc) is 3.44. The minimum absolute atomic E-state index is 0.104. The Hall–Kier alpha value is -2.59. The number of nitrogens with zero attached hydrogens (tertiary/aromatic N) is 3. The maximum absolute atomic E-state index is 13.2. The van der Waals surface area contributed by atoms with Gasteiger partial charge in [-0.25, -0.2) is 22.3 Å². The lowest BCUT2D eigenvalue weighted by Crippen LogP contribution is -2.28. The SMILES string of the molecule is O=S(O)NCc1nnc(C(c2nc3ccc(-c4ccccc4)cc3s2)S(=O)(=O)CC(O)CO)o1. The van der Waals surface area contributed by atoms with Crippen molar-refractivity contribution in [2.24, 2.45) is 0 Å². The van der Waals surface area contributed by atoms with Gasteiger partial charge in [-0.05, 0) is 23.3 Å². The molecule has 0 fully saturated rings. The summed E-state index contributed by atoms with van der Waals surface area (Å²) in [7, 11) is -4.16. The van der Waals surface area contributed by atoms with Gasteiger partial charge in [0.15, 0.2) is 15.1 Å². The number of thiazole rings is 1. The second-order valence-corrected chi connectivity index (χ2v) is 11.2. The van der Waals surface area contributed by atoms with Gasteiger partial charge in [-0.1, -0.05) is 36.4 Å². The molecule has 4 rings (SSSR count). The molecule has 14 heteroatoms. The van der Waals surface area contributed by atoms with E-state index in [0.29, 0.717) is 5.52 Å². The molecule has 0 aliphatic rings. The second-order valence-electron chi connectivity index (χ2n) is 7.25. The van der Waals surface area contributed by atoms with Crippen LogP contribution in [0.5, 0.6) is 0 Å². The average molecular weight is 525 g/mol. The Balaban J connectivity index is 1.76. The summed E-state index contributed by atoms with van der Waals surface area (Å²) in [5.41, 5.74) is 2.49. The third-order valence-electron chi connectivity index (χ3n) is 4.78. The van der Waals surface area contributed by atoms with Gasteiger partial charge in [-0.2, -0.15) is 0 Å². The predicted octanol–water partition coefficient (Wildman–Crippen LogP) is 1.43. The zero-order valence-corrected chi connectivity index (χ0v) is 19.9. The Kier molecular flexibility index (Phi) is 7.47. The predicted molar refractivity (Wildman–Crippen MR) is 126 cm³/mol. The van der Waals surface area contributed by atoms with Crippen LogP contribution in [0.3, 0.4) is 0 Å². The van der Waals surface area contributed by atoms with Gasteiger partial charge in [0.2, 0.25) is 23.0 Å². The molecular formula is C20H20N4O7S3. The number of aliphatic hydroxyl groups is 2. The fraction of sp³-hybridized carbons (Fsp3) is 0.250. The first-order valence-corrected chi connectivity index (χ1v) is 13.5. The molecule has 34 heavy (non-hydrogen) atoms. The quantitative estimate of drug-likeness (QED) is 0.222. The van der Waals surface area contributed by atoms with Gasteiger partial charge in [-0.15, -0.1) is 21.5 Å². The number of fused-ring (bicyclic) bond motifs is 1. The standard InChI is InChI=1S/C20H20N4O7S3/c25-10-14(26)11-34(29,30)18(19-24-23-17(31-19)9-21-33(27)28)20-22-15-7-6-13(8-16(15)32-20)12-4-2-1-3-5-12/h1-8,14,18,21,25-26H,9-11H2,(H,27,28). The van der Waals surface area contributed by atoms with Crippen LogP contribution in [0.1, 0.15) is 22.0 Å². The summed E-state index contributed by atoms with van der Waals surface area (Å²) in [5.74, 6) is -1.16. The van der Waals surface area contributed by atoms with E-state index in [1.807, 2.05) is 42.5 Å².